The van der Waals surface area contributed by atoms with Gasteiger partial charge in [0.1, 0.15) is 0 Å². The summed E-state index contributed by atoms with van der Waals surface area (Å²) < 4.78 is 13.7. The average molecular weight is 275 g/mol. The zero-order chi connectivity index (χ0) is 12.6. The van der Waals surface area contributed by atoms with Gasteiger partial charge < -0.3 is 4.89 Å². The van der Waals surface area contributed by atoms with Crippen LogP contribution in [0.3, 0.4) is 0 Å². The molecule has 0 saturated carbocycles. The number of fused-ring (bicyclic) bond motifs is 1. The van der Waals surface area contributed by atoms with Crippen molar-refractivity contribution in [2.75, 3.05) is 0 Å². The largest absolute Gasteiger partial charge is 0.336 e. The number of benzene rings is 2. The molecule has 0 aliphatic carbocycles. The van der Waals surface area contributed by atoms with Gasteiger partial charge in [0.05, 0.1) is 10.2 Å². The fourth-order valence-electron chi connectivity index (χ4n) is 1.73. The van der Waals surface area contributed by atoms with Crippen LogP contribution in [-0.2, 0) is 4.57 Å². The van der Waals surface area contributed by atoms with Crippen molar-refractivity contribution in [2.24, 2.45) is 0 Å². The SMILES string of the molecule is O=P(O)(c1ccccc1)c1nc2ccccc2s1. The Labute approximate surface area is 108 Å². The second-order valence-electron chi connectivity index (χ2n) is 3.88. The third-order valence-electron chi connectivity index (χ3n) is 2.65. The van der Waals surface area contributed by atoms with E-state index in [0.29, 0.717) is 5.30 Å². The smallest absolute Gasteiger partial charge is 0.286 e. The molecule has 3 rings (SSSR count). The zero-order valence-electron chi connectivity index (χ0n) is 9.35. The molecule has 18 heavy (non-hydrogen) atoms. The second kappa shape index (κ2) is 4.32. The summed E-state index contributed by atoms with van der Waals surface area (Å²) in [5.74, 6) is 0. The van der Waals surface area contributed by atoms with Gasteiger partial charge in [0, 0.05) is 5.30 Å². The normalized spacial score (nSPS) is 14.5. The van der Waals surface area contributed by atoms with Crippen molar-refractivity contribution in [3.63, 3.8) is 0 Å². The van der Waals surface area contributed by atoms with Crippen molar-refractivity contribution in [1.82, 2.24) is 4.98 Å². The molecule has 1 atom stereocenters. The first-order chi connectivity index (χ1) is 8.68. The Morgan fingerprint density at radius 3 is 2.39 bits per heavy atom. The van der Waals surface area contributed by atoms with Gasteiger partial charge in [-0.25, -0.2) is 4.98 Å². The van der Waals surface area contributed by atoms with Crippen LogP contribution in [-0.4, -0.2) is 9.88 Å². The second-order valence-corrected chi connectivity index (χ2v) is 7.30. The summed E-state index contributed by atoms with van der Waals surface area (Å²) in [6.45, 7) is 0. The van der Waals surface area contributed by atoms with Gasteiger partial charge in [0.15, 0.2) is 4.75 Å². The Hall–Kier alpha value is -1.48. The summed E-state index contributed by atoms with van der Waals surface area (Å²) in [7, 11) is -3.56. The molecule has 1 aromatic heterocycles. The predicted molar refractivity (Wildman–Crippen MR) is 75.2 cm³/mol. The van der Waals surface area contributed by atoms with Gasteiger partial charge in [-0.1, -0.05) is 30.3 Å². The maximum Gasteiger partial charge on any atom is 0.286 e. The Bertz CT molecular complexity index is 706. The quantitative estimate of drug-likeness (QED) is 0.731. The topological polar surface area (TPSA) is 50.2 Å². The molecule has 1 heterocycles. The number of thiazole rings is 1. The highest BCUT2D eigenvalue weighted by atomic mass is 32.1. The van der Waals surface area contributed by atoms with Crippen molar-refractivity contribution >= 4 is 39.0 Å². The van der Waals surface area contributed by atoms with Crippen molar-refractivity contribution in [2.45, 2.75) is 0 Å². The molecule has 3 nitrogen and oxygen atoms in total. The van der Waals surface area contributed by atoms with E-state index in [1.165, 1.54) is 11.3 Å². The molecule has 0 amide bonds. The third-order valence-corrected chi connectivity index (χ3v) is 6.12. The molecule has 0 aliphatic rings. The first-order valence-corrected chi connectivity index (χ1v) is 7.90. The summed E-state index contributed by atoms with van der Waals surface area (Å²) in [5, 5.41) is 0.420. The highest BCUT2D eigenvalue weighted by molar-refractivity contribution is 7.78. The molecule has 90 valence electrons. The molecular weight excluding hydrogens is 265 g/mol. The van der Waals surface area contributed by atoms with Crippen molar-refractivity contribution in [1.29, 1.82) is 0 Å². The van der Waals surface area contributed by atoms with Gasteiger partial charge in [-0.3, -0.25) is 4.57 Å². The Kier molecular flexibility index (Phi) is 2.78. The van der Waals surface area contributed by atoms with E-state index in [1.807, 2.05) is 30.3 Å². The Balaban J connectivity index is 2.17. The molecule has 0 radical (unpaired) electrons. The minimum absolute atomic E-state index is 0.287. The highest BCUT2D eigenvalue weighted by Gasteiger charge is 2.27. The molecule has 0 fully saturated rings. The predicted octanol–water partition coefficient (Wildman–Crippen LogP) is 2.52. The van der Waals surface area contributed by atoms with Crippen LogP contribution in [0.4, 0.5) is 0 Å². The standard InChI is InChI=1S/C13H10NO2PS/c15-17(16,10-6-2-1-3-7-10)13-14-11-8-4-5-9-12(11)18-13/h1-9H,(H,15,16). The van der Waals surface area contributed by atoms with E-state index < -0.39 is 7.37 Å². The lowest BCUT2D eigenvalue weighted by Crippen LogP contribution is -2.14. The Morgan fingerprint density at radius 2 is 1.67 bits per heavy atom. The van der Waals surface area contributed by atoms with Crippen LogP contribution < -0.4 is 10.1 Å². The molecule has 1 N–H and O–H groups in total. The molecule has 0 aliphatic heterocycles. The minimum atomic E-state index is -3.56. The summed E-state index contributed by atoms with van der Waals surface area (Å²) >= 11 is 1.27. The van der Waals surface area contributed by atoms with Gasteiger partial charge in [0.25, 0.3) is 7.37 Å². The number of hydrogen-bond donors (Lipinski definition) is 1. The van der Waals surface area contributed by atoms with E-state index in [-0.39, 0.29) is 4.75 Å². The van der Waals surface area contributed by atoms with Gasteiger partial charge in [0.2, 0.25) is 0 Å². The van der Waals surface area contributed by atoms with E-state index in [4.69, 9.17) is 0 Å². The molecule has 2 aromatic carbocycles. The minimum Gasteiger partial charge on any atom is -0.336 e. The fraction of sp³-hybridized carbons (Fsp3) is 0. The van der Waals surface area contributed by atoms with Crippen LogP contribution in [0.1, 0.15) is 0 Å². The third kappa shape index (κ3) is 1.89. The maximum atomic E-state index is 12.5. The van der Waals surface area contributed by atoms with Crippen LogP contribution in [0.2, 0.25) is 0 Å². The van der Waals surface area contributed by atoms with Crippen molar-refractivity contribution < 1.29 is 9.46 Å². The van der Waals surface area contributed by atoms with Crippen molar-refractivity contribution in [3.05, 3.63) is 54.6 Å². The van der Waals surface area contributed by atoms with Gasteiger partial charge in [-0.05, 0) is 24.3 Å². The molecule has 1 unspecified atom stereocenters. The first kappa shape index (κ1) is 11.6. The van der Waals surface area contributed by atoms with E-state index in [9.17, 15) is 9.46 Å². The van der Waals surface area contributed by atoms with E-state index >= 15 is 0 Å². The number of aromatic nitrogens is 1. The van der Waals surface area contributed by atoms with E-state index in [2.05, 4.69) is 4.98 Å². The van der Waals surface area contributed by atoms with Crippen LogP contribution >= 0.6 is 18.7 Å². The van der Waals surface area contributed by atoms with E-state index in [1.54, 1.807) is 24.3 Å². The molecule has 0 spiro atoms. The van der Waals surface area contributed by atoms with Gasteiger partial charge in [-0.15, -0.1) is 11.3 Å². The maximum absolute atomic E-state index is 12.5. The van der Waals surface area contributed by atoms with Crippen LogP contribution in [0.25, 0.3) is 10.2 Å². The lowest BCUT2D eigenvalue weighted by atomic mass is 10.3. The molecule has 3 aromatic rings. The summed E-state index contributed by atoms with van der Waals surface area (Å²) in [6.07, 6.45) is 0. The first-order valence-electron chi connectivity index (χ1n) is 5.42. The number of para-hydroxylation sites is 1. The van der Waals surface area contributed by atoms with Gasteiger partial charge in [-0.2, -0.15) is 0 Å². The summed E-state index contributed by atoms with van der Waals surface area (Å²) in [6, 6.07) is 16.2. The van der Waals surface area contributed by atoms with Crippen molar-refractivity contribution in [3.8, 4) is 0 Å². The van der Waals surface area contributed by atoms with Gasteiger partial charge >= 0.3 is 0 Å². The number of nitrogens with zero attached hydrogens (tertiary/aromatic N) is 1. The fourth-order valence-corrected chi connectivity index (χ4v) is 4.58. The molecule has 5 heteroatoms. The van der Waals surface area contributed by atoms with Crippen LogP contribution in [0, 0.1) is 0 Å². The number of rotatable bonds is 2. The zero-order valence-corrected chi connectivity index (χ0v) is 11.1. The lowest BCUT2D eigenvalue weighted by molar-refractivity contribution is 0.501. The van der Waals surface area contributed by atoms with E-state index in [0.717, 1.165) is 10.2 Å². The van der Waals surface area contributed by atoms with Crippen LogP contribution in [0.15, 0.2) is 54.6 Å². The monoisotopic (exact) mass is 275 g/mol. The highest BCUT2D eigenvalue weighted by Crippen LogP contribution is 2.40. The molecule has 0 saturated heterocycles. The summed E-state index contributed by atoms with van der Waals surface area (Å²) in [5.41, 5.74) is 0.766. The molecular formula is C13H10NO2PS. The Morgan fingerprint density at radius 1 is 1.00 bits per heavy atom. The summed E-state index contributed by atoms with van der Waals surface area (Å²) in [4.78, 5) is 14.5. The molecule has 0 bridgehead atoms. The lowest BCUT2D eigenvalue weighted by Gasteiger charge is -2.07. The average Bonchev–Trinajstić information content (AvgIpc) is 2.84. The number of hydrogen-bond acceptors (Lipinski definition) is 3. The van der Waals surface area contributed by atoms with Crippen LogP contribution in [0.5, 0.6) is 0 Å².